The summed E-state index contributed by atoms with van der Waals surface area (Å²) in [4.78, 5) is 22.6. The van der Waals surface area contributed by atoms with Gasteiger partial charge in [0.25, 0.3) is 5.91 Å². The molecule has 0 spiro atoms. The number of nitrogens with two attached hydrogens (primary N) is 1. The lowest BCUT2D eigenvalue weighted by molar-refractivity contribution is -0.138. The SMILES string of the molecule is COc1ccc(C2CC(c3ccc4ccccc4c3)=NN2C(=O)CON=C(N)c2ccccn2)cc1. The van der Waals surface area contributed by atoms with Gasteiger partial charge in [0.2, 0.25) is 0 Å². The number of hydrogen-bond donors (Lipinski definition) is 1. The molecule has 0 saturated heterocycles. The number of methoxy groups -OCH3 is 1. The molecule has 5 rings (SSSR count). The highest BCUT2D eigenvalue weighted by Gasteiger charge is 2.33. The van der Waals surface area contributed by atoms with Crippen molar-refractivity contribution in [2.45, 2.75) is 12.5 Å². The highest BCUT2D eigenvalue weighted by atomic mass is 16.6. The number of fused-ring (bicyclic) bond motifs is 1. The molecule has 0 radical (unpaired) electrons. The lowest BCUT2D eigenvalue weighted by atomic mass is 9.97. The van der Waals surface area contributed by atoms with Crippen LogP contribution in [0.4, 0.5) is 0 Å². The molecule has 1 aromatic heterocycles. The highest BCUT2D eigenvalue weighted by Crippen LogP contribution is 2.34. The molecule has 0 fully saturated rings. The van der Waals surface area contributed by atoms with E-state index >= 15 is 0 Å². The number of carbonyl (C=O) groups excluding carboxylic acids is 1. The van der Waals surface area contributed by atoms with E-state index in [1.807, 2.05) is 42.5 Å². The molecule has 1 atom stereocenters. The first kappa shape index (κ1) is 23.0. The Morgan fingerprint density at radius 1 is 1.03 bits per heavy atom. The number of ether oxygens (including phenoxy) is 1. The number of oxime groups is 1. The molecule has 0 saturated carbocycles. The van der Waals surface area contributed by atoms with E-state index in [9.17, 15) is 4.79 Å². The molecule has 2 heterocycles. The quantitative estimate of drug-likeness (QED) is 0.242. The van der Waals surface area contributed by atoms with E-state index in [0.29, 0.717) is 12.1 Å². The lowest BCUT2D eigenvalue weighted by Gasteiger charge is -2.21. The molecule has 36 heavy (non-hydrogen) atoms. The first-order chi connectivity index (χ1) is 17.6. The van der Waals surface area contributed by atoms with Crippen LogP contribution in [-0.4, -0.2) is 41.2 Å². The number of amides is 1. The van der Waals surface area contributed by atoms with E-state index in [1.54, 1.807) is 31.5 Å². The Bertz CT molecular complexity index is 1430. The predicted octanol–water partition coefficient (Wildman–Crippen LogP) is 4.26. The van der Waals surface area contributed by atoms with Crippen molar-refractivity contribution in [3.63, 3.8) is 0 Å². The van der Waals surface area contributed by atoms with Gasteiger partial charge in [0.05, 0.1) is 18.9 Å². The smallest absolute Gasteiger partial charge is 0.283 e. The fourth-order valence-electron chi connectivity index (χ4n) is 4.15. The van der Waals surface area contributed by atoms with Crippen LogP contribution in [0.3, 0.4) is 0 Å². The molecule has 1 aliphatic heterocycles. The maximum absolute atomic E-state index is 13.2. The number of aromatic nitrogens is 1. The van der Waals surface area contributed by atoms with Crippen molar-refractivity contribution < 1.29 is 14.4 Å². The zero-order valence-corrected chi connectivity index (χ0v) is 19.7. The van der Waals surface area contributed by atoms with Crippen LogP contribution in [0.5, 0.6) is 5.75 Å². The largest absolute Gasteiger partial charge is 0.497 e. The van der Waals surface area contributed by atoms with Gasteiger partial charge >= 0.3 is 0 Å². The standard InChI is InChI=1S/C28H25N5O3/c1-35-23-13-11-20(12-14-23)26-17-25(22-10-9-19-6-2-3-7-21(19)16-22)31-33(26)27(34)18-36-32-28(29)24-8-4-5-15-30-24/h2-16,26H,17-18H2,1H3,(H2,29,32). The van der Waals surface area contributed by atoms with E-state index in [0.717, 1.165) is 33.4 Å². The lowest BCUT2D eigenvalue weighted by Crippen LogP contribution is -2.30. The third kappa shape index (κ3) is 4.88. The molecule has 0 aliphatic carbocycles. The molecule has 8 nitrogen and oxygen atoms in total. The summed E-state index contributed by atoms with van der Waals surface area (Å²) in [5.41, 5.74) is 9.14. The minimum absolute atomic E-state index is 0.0943. The highest BCUT2D eigenvalue weighted by molar-refractivity contribution is 6.05. The zero-order chi connectivity index (χ0) is 24.9. The van der Waals surface area contributed by atoms with Crippen LogP contribution in [0.15, 0.2) is 101 Å². The molecule has 2 N–H and O–H groups in total. The maximum atomic E-state index is 13.2. The number of hydrogen-bond acceptors (Lipinski definition) is 6. The third-order valence-electron chi connectivity index (χ3n) is 6.03. The van der Waals surface area contributed by atoms with Gasteiger partial charge in [-0.1, -0.05) is 59.8 Å². The normalized spacial score (nSPS) is 15.6. The van der Waals surface area contributed by atoms with Gasteiger partial charge in [-0.2, -0.15) is 5.10 Å². The molecular weight excluding hydrogens is 454 g/mol. The van der Waals surface area contributed by atoms with Crippen molar-refractivity contribution in [3.05, 3.63) is 108 Å². The number of amidine groups is 1. The van der Waals surface area contributed by atoms with Gasteiger partial charge in [-0.3, -0.25) is 9.78 Å². The van der Waals surface area contributed by atoms with Gasteiger partial charge in [-0.05, 0) is 52.2 Å². The predicted molar refractivity (Wildman–Crippen MR) is 139 cm³/mol. The van der Waals surface area contributed by atoms with Crippen LogP contribution in [-0.2, 0) is 9.63 Å². The molecule has 1 unspecified atom stereocenters. The van der Waals surface area contributed by atoms with Crippen molar-refractivity contribution in [2.24, 2.45) is 16.0 Å². The first-order valence-corrected chi connectivity index (χ1v) is 11.5. The van der Waals surface area contributed by atoms with Gasteiger partial charge in [-0.25, -0.2) is 5.01 Å². The summed E-state index contributed by atoms with van der Waals surface area (Å²) in [6, 6.07) is 27.0. The summed E-state index contributed by atoms with van der Waals surface area (Å²) in [7, 11) is 1.62. The van der Waals surface area contributed by atoms with E-state index in [1.165, 1.54) is 5.01 Å². The first-order valence-electron chi connectivity index (χ1n) is 11.5. The summed E-state index contributed by atoms with van der Waals surface area (Å²) < 4.78 is 5.29. The fraction of sp³-hybridized carbons (Fsp3) is 0.143. The average Bonchev–Trinajstić information content (AvgIpc) is 3.39. The minimum Gasteiger partial charge on any atom is -0.497 e. The van der Waals surface area contributed by atoms with Crippen molar-refractivity contribution in [3.8, 4) is 5.75 Å². The zero-order valence-electron chi connectivity index (χ0n) is 19.7. The van der Waals surface area contributed by atoms with Crippen LogP contribution in [0, 0.1) is 0 Å². The number of benzene rings is 3. The van der Waals surface area contributed by atoms with Crippen molar-refractivity contribution in [1.82, 2.24) is 9.99 Å². The molecule has 1 amide bonds. The van der Waals surface area contributed by atoms with Crippen LogP contribution in [0.1, 0.15) is 29.3 Å². The van der Waals surface area contributed by atoms with Gasteiger partial charge < -0.3 is 15.3 Å². The second-order valence-electron chi connectivity index (χ2n) is 8.30. The second kappa shape index (κ2) is 10.3. The Kier molecular flexibility index (Phi) is 6.57. The van der Waals surface area contributed by atoms with Gasteiger partial charge in [-0.15, -0.1) is 0 Å². The van der Waals surface area contributed by atoms with E-state index in [-0.39, 0.29) is 24.4 Å². The fourth-order valence-corrected chi connectivity index (χ4v) is 4.15. The summed E-state index contributed by atoms with van der Waals surface area (Å²) in [6.45, 7) is -0.311. The van der Waals surface area contributed by atoms with Crippen LogP contribution < -0.4 is 10.5 Å². The Hall–Kier alpha value is -4.72. The molecule has 0 bridgehead atoms. The number of carbonyl (C=O) groups is 1. The van der Waals surface area contributed by atoms with Crippen LogP contribution in [0.25, 0.3) is 10.8 Å². The van der Waals surface area contributed by atoms with Gasteiger partial charge in [0.1, 0.15) is 11.4 Å². The van der Waals surface area contributed by atoms with Crippen molar-refractivity contribution >= 4 is 28.2 Å². The summed E-state index contributed by atoms with van der Waals surface area (Å²) in [6.07, 6.45) is 2.17. The summed E-state index contributed by atoms with van der Waals surface area (Å²) in [5.74, 6) is 0.508. The van der Waals surface area contributed by atoms with Gasteiger partial charge in [0.15, 0.2) is 12.4 Å². The van der Waals surface area contributed by atoms with Crippen molar-refractivity contribution in [1.29, 1.82) is 0 Å². The number of pyridine rings is 1. The van der Waals surface area contributed by atoms with E-state index in [4.69, 9.17) is 20.4 Å². The summed E-state index contributed by atoms with van der Waals surface area (Å²) >= 11 is 0. The Morgan fingerprint density at radius 2 is 1.81 bits per heavy atom. The topological polar surface area (TPSA) is 102 Å². The van der Waals surface area contributed by atoms with Crippen LogP contribution in [0.2, 0.25) is 0 Å². The summed E-state index contributed by atoms with van der Waals surface area (Å²) in [5, 5.41) is 12.3. The van der Waals surface area contributed by atoms with E-state index in [2.05, 4.69) is 34.4 Å². The Labute approximate surface area is 208 Å². The molecular formula is C28H25N5O3. The van der Waals surface area contributed by atoms with Gasteiger partial charge in [0, 0.05) is 12.6 Å². The van der Waals surface area contributed by atoms with E-state index < -0.39 is 0 Å². The molecule has 180 valence electrons. The molecule has 8 heteroatoms. The number of nitrogens with zero attached hydrogens (tertiary/aromatic N) is 4. The molecule has 4 aromatic rings. The minimum atomic E-state index is -0.329. The number of hydrazone groups is 1. The third-order valence-corrected chi connectivity index (χ3v) is 6.03. The van der Waals surface area contributed by atoms with Crippen molar-refractivity contribution in [2.75, 3.05) is 13.7 Å². The Balaban J connectivity index is 1.39. The monoisotopic (exact) mass is 479 g/mol. The Morgan fingerprint density at radius 3 is 2.56 bits per heavy atom. The maximum Gasteiger partial charge on any atom is 0.283 e. The van der Waals surface area contributed by atoms with Crippen LogP contribution >= 0.6 is 0 Å². The number of rotatable bonds is 7. The second-order valence-corrected chi connectivity index (χ2v) is 8.30. The molecule has 3 aromatic carbocycles. The average molecular weight is 480 g/mol. The molecule has 1 aliphatic rings.